The number of anilines is 3. The molecule has 0 aliphatic heterocycles. The van der Waals surface area contributed by atoms with Gasteiger partial charge in [-0.1, -0.05) is 19.8 Å². The van der Waals surface area contributed by atoms with Gasteiger partial charge in [-0.2, -0.15) is 15.0 Å². The third-order valence-electron chi connectivity index (χ3n) is 3.73. The molecule has 6 nitrogen and oxygen atoms in total. The second-order valence-electron chi connectivity index (χ2n) is 5.63. The van der Waals surface area contributed by atoms with Gasteiger partial charge < -0.3 is 15.1 Å². The zero-order chi connectivity index (χ0) is 14.5. The number of hydrogen-bond donors (Lipinski definition) is 1. The summed E-state index contributed by atoms with van der Waals surface area (Å²) in [5, 5.41) is 3.26. The quantitative estimate of drug-likeness (QED) is 0.860. The van der Waals surface area contributed by atoms with E-state index in [1.54, 1.807) is 0 Å². The summed E-state index contributed by atoms with van der Waals surface area (Å²) in [6, 6.07) is 0.562. The van der Waals surface area contributed by atoms with Crippen LogP contribution in [0.3, 0.4) is 0 Å². The molecule has 0 spiro atoms. The van der Waals surface area contributed by atoms with Crippen LogP contribution in [-0.4, -0.2) is 48.7 Å². The highest BCUT2D eigenvalue weighted by Gasteiger charge is 2.22. The van der Waals surface area contributed by atoms with E-state index in [-0.39, 0.29) is 0 Å². The normalized spacial score (nSPS) is 15.4. The van der Waals surface area contributed by atoms with Crippen LogP contribution in [0, 0.1) is 0 Å². The van der Waals surface area contributed by atoms with Crippen LogP contribution in [0.15, 0.2) is 0 Å². The van der Waals surface area contributed by atoms with Crippen molar-refractivity contribution >= 4 is 17.8 Å². The summed E-state index contributed by atoms with van der Waals surface area (Å²) in [4.78, 5) is 17.7. The van der Waals surface area contributed by atoms with E-state index in [1.165, 1.54) is 25.7 Å². The Morgan fingerprint density at radius 2 is 1.70 bits per heavy atom. The summed E-state index contributed by atoms with van der Waals surface area (Å²) in [6.07, 6.45) is 6.13. The van der Waals surface area contributed by atoms with Gasteiger partial charge in [-0.15, -0.1) is 0 Å². The zero-order valence-electron chi connectivity index (χ0n) is 13.1. The van der Waals surface area contributed by atoms with E-state index in [0.717, 1.165) is 18.9 Å². The van der Waals surface area contributed by atoms with Crippen LogP contribution < -0.4 is 15.1 Å². The average molecular weight is 278 g/mol. The fraction of sp³-hybridized carbons (Fsp3) is 0.786. The van der Waals surface area contributed by atoms with Gasteiger partial charge in [0.05, 0.1) is 0 Å². The highest BCUT2D eigenvalue weighted by Crippen LogP contribution is 2.26. The molecule has 0 amide bonds. The van der Waals surface area contributed by atoms with Crippen molar-refractivity contribution in [2.24, 2.45) is 0 Å². The molecular formula is C14H26N6. The molecule has 0 radical (unpaired) electrons. The van der Waals surface area contributed by atoms with Crippen molar-refractivity contribution in [1.29, 1.82) is 0 Å². The third-order valence-corrected chi connectivity index (χ3v) is 3.73. The first-order valence-electron chi connectivity index (χ1n) is 7.52. The predicted molar refractivity (Wildman–Crippen MR) is 83.6 cm³/mol. The molecule has 1 saturated carbocycles. The molecule has 1 aliphatic carbocycles. The Hall–Kier alpha value is -1.59. The molecule has 2 rings (SSSR count). The van der Waals surface area contributed by atoms with Gasteiger partial charge in [-0.3, -0.25) is 0 Å². The molecular weight excluding hydrogens is 252 g/mol. The molecule has 1 heterocycles. The van der Waals surface area contributed by atoms with Crippen molar-refractivity contribution in [3.63, 3.8) is 0 Å². The van der Waals surface area contributed by atoms with Crippen LogP contribution in [0.25, 0.3) is 0 Å². The molecule has 0 unspecified atom stereocenters. The van der Waals surface area contributed by atoms with Crippen LogP contribution in [-0.2, 0) is 0 Å². The van der Waals surface area contributed by atoms with Crippen molar-refractivity contribution < 1.29 is 0 Å². The average Bonchev–Trinajstić information content (AvgIpc) is 2.98. The van der Waals surface area contributed by atoms with E-state index >= 15 is 0 Å². The Morgan fingerprint density at radius 1 is 1.05 bits per heavy atom. The maximum atomic E-state index is 4.58. The van der Waals surface area contributed by atoms with Crippen LogP contribution in [0.2, 0.25) is 0 Å². The van der Waals surface area contributed by atoms with E-state index in [4.69, 9.17) is 0 Å². The second-order valence-corrected chi connectivity index (χ2v) is 5.63. The second kappa shape index (κ2) is 6.72. The van der Waals surface area contributed by atoms with Gasteiger partial charge >= 0.3 is 0 Å². The monoisotopic (exact) mass is 278 g/mol. The lowest BCUT2D eigenvalue weighted by Gasteiger charge is -2.25. The van der Waals surface area contributed by atoms with Crippen molar-refractivity contribution in [1.82, 2.24) is 15.0 Å². The molecule has 112 valence electrons. The van der Waals surface area contributed by atoms with Crippen molar-refractivity contribution in [3.05, 3.63) is 0 Å². The number of rotatable bonds is 6. The van der Waals surface area contributed by atoms with Crippen LogP contribution >= 0.6 is 0 Å². The summed E-state index contributed by atoms with van der Waals surface area (Å²) >= 11 is 0. The predicted octanol–water partition coefficient (Wildman–Crippen LogP) is 2.14. The summed E-state index contributed by atoms with van der Waals surface area (Å²) in [7, 11) is 6.00. The van der Waals surface area contributed by atoms with Crippen LogP contribution in [0.1, 0.15) is 39.0 Å². The van der Waals surface area contributed by atoms with Crippen molar-refractivity contribution in [3.8, 4) is 0 Å². The molecule has 0 atom stereocenters. The minimum Gasteiger partial charge on any atom is -0.354 e. The summed E-state index contributed by atoms with van der Waals surface area (Å²) in [6.45, 7) is 3.01. The SMILES string of the molecule is CCCNc1nc(N(C)C)nc(N(C)C2CCCC2)n1. The smallest absolute Gasteiger partial charge is 0.231 e. The van der Waals surface area contributed by atoms with Gasteiger partial charge in [0.15, 0.2) is 0 Å². The Balaban J connectivity index is 2.23. The molecule has 20 heavy (non-hydrogen) atoms. The van der Waals surface area contributed by atoms with Crippen molar-refractivity contribution in [2.45, 2.75) is 45.1 Å². The maximum absolute atomic E-state index is 4.58. The van der Waals surface area contributed by atoms with Crippen molar-refractivity contribution in [2.75, 3.05) is 42.8 Å². The zero-order valence-corrected chi connectivity index (χ0v) is 13.1. The van der Waals surface area contributed by atoms with Crippen LogP contribution in [0.4, 0.5) is 17.8 Å². The molecule has 0 aromatic carbocycles. The Labute approximate surface area is 121 Å². The first-order valence-corrected chi connectivity index (χ1v) is 7.52. The minimum absolute atomic E-state index is 0.562. The summed E-state index contributed by atoms with van der Waals surface area (Å²) in [5.41, 5.74) is 0. The molecule has 1 fully saturated rings. The fourth-order valence-corrected chi connectivity index (χ4v) is 2.48. The van der Waals surface area contributed by atoms with Gasteiger partial charge in [0.1, 0.15) is 0 Å². The van der Waals surface area contributed by atoms with Crippen LogP contribution in [0.5, 0.6) is 0 Å². The fourth-order valence-electron chi connectivity index (χ4n) is 2.48. The van der Waals surface area contributed by atoms with E-state index in [2.05, 4.69) is 39.1 Å². The number of nitrogens with one attached hydrogen (secondary N) is 1. The lowest BCUT2D eigenvalue weighted by atomic mass is 10.2. The lowest BCUT2D eigenvalue weighted by molar-refractivity contribution is 0.636. The minimum atomic E-state index is 0.562. The maximum Gasteiger partial charge on any atom is 0.231 e. The topological polar surface area (TPSA) is 57.2 Å². The highest BCUT2D eigenvalue weighted by molar-refractivity contribution is 5.44. The molecule has 6 heteroatoms. The van der Waals surface area contributed by atoms with E-state index in [9.17, 15) is 0 Å². The first-order chi connectivity index (χ1) is 9.61. The molecule has 1 N–H and O–H groups in total. The first kappa shape index (κ1) is 14.8. The molecule has 0 bridgehead atoms. The van der Waals surface area contributed by atoms with Gasteiger partial charge in [0, 0.05) is 33.7 Å². The molecule has 0 saturated heterocycles. The van der Waals surface area contributed by atoms with E-state index in [1.807, 2.05) is 19.0 Å². The third kappa shape index (κ3) is 3.49. The summed E-state index contributed by atoms with van der Waals surface area (Å²) < 4.78 is 0. The van der Waals surface area contributed by atoms with Gasteiger partial charge in [0.25, 0.3) is 0 Å². The highest BCUT2D eigenvalue weighted by atomic mass is 15.3. The van der Waals surface area contributed by atoms with E-state index < -0.39 is 0 Å². The number of aromatic nitrogens is 3. The summed E-state index contributed by atoms with van der Waals surface area (Å²) in [5.74, 6) is 2.15. The number of hydrogen-bond acceptors (Lipinski definition) is 6. The molecule has 1 aliphatic rings. The van der Waals surface area contributed by atoms with E-state index in [0.29, 0.717) is 17.9 Å². The van der Waals surface area contributed by atoms with Gasteiger partial charge in [0.2, 0.25) is 17.8 Å². The Bertz CT molecular complexity index is 428. The lowest BCUT2D eigenvalue weighted by Crippen LogP contribution is -2.31. The van der Waals surface area contributed by atoms with Gasteiger partial charge in [-0.05, 0) is 19.3 Å². The standard InChI is InChI=1S/C14H26N6/c1-5-10-15-12-16-13(19(2)3)18-14(17-12)20(4)11-8-6-7-9-11/h11H,5-10H2,1-4H3,(H,15,16,17,18). The van der Waals surface area contributed by atoms with Gasteiger partial charge in [-0.25, -0.2) is 0 Å². The molecule has 1 aromatic rings. The Kier molecular flexibility index (Phi) is 4.98. The Morgan fingerprint density at radius 3 is 2.30 bits per heavy atom. The number of nitrogens with zero attached hydrogens (tertiary/aromatic N) is 5. The molecule has 1 aromatic heterocycles. The largest absolute Gasteiger partial charge is 0.354 e.